The first-order valence-electron chi connectivity index (χ1n) is 8.73. The third-order valence-electron chi connectivity index (χ3n) is 3.90. The Bertz CT molecular complexity index is 732. The number of halogens is 3. The van der Waals surface area contributed by atoms with Crippen LogP contribution in [0.1, 0.15) is 51.2 Å². The van der Waals surface area contributed by atoms with E-state index in [1.807, 2.05) is 38.1 Å². The number of para-hydroxylation sites is 1. The summed E-state index contributed by atoms with van der Waals surface area (Å²) < 4.78 is 44.9. The molecule has 1 aromatic heterocycles. The van der Waals surface area contributed by atoms with E-state index < -0.39 is 17.6 Å². The molecular formula is C19H24F3N3O. The van der Waals surface area contributed by atoms with Gasteiger partial charge in [-0.25, -0.2) is 4.98 Å². The number of rotatable bonds is 7. The van der Waals surface area contributed by atoms with Gasteiger partial charge in [0.2, 0.25) is 11.8 Å². The van der Waals surface area contributed by atoms with Crippen molar-refractivity contribution in [1.29, 1.82) is 0 Å². The second kappa shape index (κ2) is 8.38. The average Bonchev–Trinajstić information content (AvgIpc) is 2.60. The first-order valence-corrected chi connectivity index (χ1v) is 8.73. The lowest BCUT2D eigenvalue weighted by atomic mass is 10.0. The zero-order valence-electron chi connectivity index (χ0n) is 15.5. The molecular weight excluding hydrogens is 343 g/mol. The van der Waals surface area contributed by atoms with Gasteiger partial charge in [-0.2, -0.15) is 18.2 Å². The molecule has 0 unspecified atom stereocenters. The number of hydrogen-bond acceptors (Lipinski definition) is 4. The maximum absolute atomic E-state index is 13.2. The molecule has 0 saturated heterocycles. The lowest BCUT2D eigenvalue weighted by Gasteiger charge is -2.26. The largest absolute Gasteiger partial charge is 0.477 e. The van der Waals surface area contributed by atoms with Crippen LogP contribution in [0.5, 0.6) is 5.88 Å². The molecule has 0 bridgehead atoms. The van der Waals surface area contributed by atoms with Crippen LogP contribution in [0.4, 0.5) is 24.8 Å². The van der Waals surface area contributed by atoms with Gasteiger partial charge in [0.15, 0.2) is 0 Å². The Morgan fingerprint density at radius 3 is 2.42 bits per heavy atom. The van der Waals surface area contributed by atoms with Crippen molar-refractivity contribution in [2.24, 2.45) is 0 Å². The normalized spacial score (nSPS) is 11.7. The van der Waals surface area contributed by atoms with Gasteiger partial charge in [0.25, 0.3) is 0 Å². The third kappa shape index (κ3) is 4.45. The van der Waals surface area contributed by atoms with E-state index in [-0.39, 0.29) is 18.5 Å². The van der Waals surface area contributed by atoms with Crippen molar-refractivity contribution in [2.75, 3.05) is 18.1 Å². The Hall–Kier alpha value is -2.31. The van der Waals surface area contributed by atoms with Gasteiger partial charge in [0, 0.05) is 18.4 Å². The van der Waals surface area contributed by atoms with Crippen LogP contribution in [0.15, 0.2) is 30.5 Å². The third-order valence-corrected chi connectivity index (χ3v) is 3.90. The highest BCUT2D eigenvalue weighted by Crippen LogP contribution is 2.37. The zero-order valence-corrected chi connectivity index (χ0v) is 15.5. The molecule has 0 amide bonds. The smallest absolute Gasteiger partial charge is 0.423 e. The van der Waals surface area contributed by atoms with Crippen LogP contribution in [-0.2, 0) is 6.18 Å². The Morgan fingerprint density at radius 2 is 1.85 bits per heavy atom. The fraction of sp³-hybridized carbons (Fsp3) is 0.474. The minimum atomic E-state index is -4.56. The summed E-state index contributed by atoms with van der Waals surface area (Å²) in [6.07, 6.45) is -3.17. The lowest BCUT2D eigenvalue weighted by molar-refractivity contribution is -0.139. The van der Waals surface area contributed by atoms with Crippen molar-refractivity contribution in [1.82, 2.24) is 9.97 Å². The van der Waals surface area contributed by atoms with Crippen LogP contribution < -0.4 is 9.64 Å². The number of benzene rings is 1. The van der Waals surface area contributed by atoms with E-state index in [2.05, 4.69) is 23.8 Å². The van der Waals surface area contributed by atoms with E-state index in [0.29, 0.717) is 13.0 Å². The van der Waals surface area contributed by atoms with E-state index in [4.69, 9.17) is 4.74 Å². The summed E-state index contributed by atoms with van der Waals surface area (Å²) in [5.41, 5.74) is 1.00. The molecule has 0 saturated carbocycles. The average molecular weight is 367 g/mol. The molecule has 2 rings (SSSR count). The first-order chi connectivity index (χ1) is 12.3. The second-order valence-electron chi connectivity index (χ2n) is 6.19. The SMILES string of the molecule is CCCOc1nc(N(CC)c2ccccc2C(C)C)ncc1C(F)(F)F. The lowest BCUT2D eigenvalue weighted by Crippen LogP contribution is -2.22. The van der Waals surface area contributed by atoms with Gasteiger partial charge in [-0.3, -0.25) is 0 Å². The minimum absolute atomic E-state index is 0.161. The summed E-state index contributed by atoms with van der Waals surface area (Å²) >= 11 is 0. The predicted molar refractivity (Wildman–Crippen MR) is 96.0 cm³/mol. The van der Waals surface area contributed by atoms with E-state index >= 15 is 0 Å². The van der Waals surface area contributed by atoms with Crippen LogP contribution in [0.3, 0.4) is 0 Å². The Morgan fingerprint density at radius 1 is 1.15 bits per heavy atom. The maximum atomic E-state index is 13.2. The molecule has 0 N–H and O–H groups in total. The van der Waals surface area contributed by atoms with Crippen molar-refractivity contribution >= 4 is 11.6 Å². The van der Waals surface area contributed by atoms with Crippen molar-refractivity contribution < 1.29 is 17.9 Å². The molecule has 7 heteroatoms. The topological polar surface area (TPSA) is 38.2 Å². The summed E-state index contributed by atoms with van der Waals surface area (Å²) in [6, 6.07) is 7.76. The molecule has 0 fully saturated rings. The number of alkyl halides is 3. The fourth-order valence-corrected chi connectivity index (χ4v) is 2.63. The highest BCUT2D eigenvalue weighted by molar-refractivity contribution is 5.63. The Balaban J connectivity index is 2.52. The van der Waals surface area contributed by atoms with Crippen LogP contribution in [0.2, 0.25) is 0 Å². The Labute approximate surface area is 152 Å². The maximum Gasteiger partial charge on any atom is 0.423 e. The van der Waals surface area contributed by atoms with E-state index in [9.17, 15) is 13.2 Å². The standard InChI is InChI=1S/C19H24F3N3O/c1-5-11-26-17-15(19(20,21)22)12-23-18(24-17)25(6-2)16-10-8-7-9-14(16)13(3)4/h7-10,12-13H,5-6,11H2,1-4H3. The number of aromatic nitrogens is 2. The van der Waals surface area contributed by atoms with Crippen molar-refractivity contribution in [3.05, 3.63) is 41.6 Å². The predicted octanol–water partition coefficient (Wildman–Crippen LogP) is 5.57. The van der Waals surface area contributed by atoms with Gasteiger partial charge in [-0.05, 0) is 30.9 Å². The van der Waals surface area contributed by atoms with Gasteiger partial charge in [0.05, 0.1) is 6.61 Å². The highest BCUT2D eigenvalue weighted by Gasteiger charge is 2.36. The van der Waals surface area contributed by atoms with E-state index in [1.165, 1.54) is 0 Å². The van der Waals surface area contributed by atoms with Crippen LogP contribution in [0.25, 0.3) is 0 Å². The number of anilines is 2. The van der Waals surface area contributed by atoms with Gasteiger partial charge < -0.3 is 9.64 Å². The summed E-state index contributed by atoms with van der Waals surface area (Å²) in [4.78, 5) is 9.87. The molecule has 1 aromatic carbocycles. The monoisotopic (exact) mass is 367 g/mol. The number of ether oxygens (including phenoxy) is 1. The summed E-state index contributed by atoms with van der Waals surface area (Å²) in [7, 11) is 0. The van der Waals surface area contributed by atoms with Gasteiger partial charge in [-0.1, -0.05) is 39.0 Å². The molecule has 26 heavy (non-hydrogen) atoms. The molecule has 0 aliphatic rings. The van der Waals surface area contributed by atoms with Crippen molar-refractivity contribution in [2.45, 2.75) is 46.2 Å². The zero-order chi connectivity index (χ0) is 19.3. The highest BCUT2D eigenvalue weighted by atomic mass is 19.4. The van der Waals surface area contributed by atoms with Crippen molar-refractivity contribution in [3.63, 3.8) is 0 Å². The molecule has 0 atom stereocenters. The quantitative estimate of drug-likeness (QED) is 0.642. The van der Waals surface area contributed by atoms with E-state index in [0.717, 1.165) is 17.4 Å². The van der Waals surface area contributed by atoms with E-state index in [1.54, 1.807) is 4.90 Å². The molecule has 2 aromatic rings. The van der Waals surface area contributed by atoms with Crippen LogP contribution in [0, 0.1) is 0 Å². The molecule has 0 radical (unpaired) electrons. The molecule has 1 heterocycles. The van der Waals surface area contributed by atoms with Gasteiger partial charge in [-0.15, -0.1) is 0 Å². The minimum Gasteiger partial charge on any atom is -0.477 e. The van der Waals surface area contributed by atoms with Gasteiger partial charge in [0.1, 0.15) is 5.56 Å². The van der Waals surface area contributed by atoms with Crippen LogP contribution in [-0.4, -0.2) is 23.1 Å². The second-order valence-corrected chi connectivity index (χ2v) is 6.19. The van der Waals surface area contributed by atoms with Crippen LogP contribution >= 0.6 is 0 Å². The molecule has 0 aliphatic carbocycles. The Kier molecular flexibility index (Phi) is 6.45. The fourth-order valence-electron chi connectivity index (χ4n) is 2.63. The number of nitrogens with zero attached hydrogens (tertiary/aromatic N) is 3. The molecule has 4 nitrogen and oxygen atoms in total. The summed E-state index contributed by atoms with van der Waals surface area (Å²) in [6.45, 7) is 8.54. The van der Waals surface area contributed by atoms with Gasteiger partial charge >= 0.3 is 6.18 Å². The molecule has 0 aliphatic heterocycles. The molecule has 142 valence electrons. The molecule has 0 spiro atoms. The summed E-state index contributed by atoms with van der Waals surface area (Å²) in [5, 5.41) is 0. The number of hydrogen-bond donors (Lipinski definition) is 0. The van der Waals surface area contributed by atoms with Crippen molar-refractivity contribution in [3.8, 4) is 5.88 Å². The summed E-state index contributed by atoms with van der Waals surface area (Å²) in [5.74, 6) is 0.0232. The first kappa shape index (κ1) is 20.0.